The van der Waals surface area contributed by atoms with E-state index in [0.29, 0.717) is 26.2 Å². The Morgan fingerprint density at radius 2 is 1.86 bits per heavy atom. The van der Waals surface area contributed by atoms with Crippen LogP contribution in [0.15, 0.2) is 24.3 Å². The van der Waals surface area contributed by atoms with Gasteiger partial charge in [0.2, 0.25) is 5.91 Å². The van der Waals surface area contributed by atoms with Gasteiger partial charge in [0.15, 0.2) is 0 Å². The zero-order chi connectivity index (χ0) is 15.4. The van der Waals surface area contributed by atoms with Crippen LogP contribution in [0, 0.1) is 0 Å². The second kappa shape index (κ2) is 7.44. The van der Waals surface area contributed by atoms with Crippen molar-refractivity contribution in [2.75, 3.05) is 39.3 Å². The summed E-state index contributed by atoms with van der Waals surface area (Å²) in [6.07, 6.45) is 3.67. The van der Waals surface area contributed by atoms with E-state index in [1.165, 1.54) is 19.3 Å². The fourth-order valence-electron chi connectivity index (χ4n) is 3.16. The number of rotatable bonds is 3. The molecule has 3 rings (SSSR count). The number of carbonyl (C=O) groups is 1. The molecule has 2 saturated heterocycles. The van der Waals surface area contributed by atoms with Crippen LogP contribution in [0.2, 0.25) is 5.02 Å². The molecule has 5 heteroatoms. The summed E-state index contributed by atoms with van der Waals surface area (Å²) in [6, 6.07) is 7.70. The number of amides is 1. The summed E-state index contributed by atoms with van der Waals surface area (Å²) in [6.45, 7) is 4.57. The molecule has 0 spiro atoms. The van der Waals surface area contributed by atoms with Crippen molar-refractivity contribution in [3.8, 4) is 0 Å². The summed E-state index contributed by atoms with van der Waals surface area (Å²) in [7, 11) is 0. The molecule has 2 fully saturated rings. The molecule has 1 atom stereocenters. The Morgan fingerprint density at radius 1 is 1.14 bits per heavy atom. The molecular formula is C17H23ClN2O2. The largest absolute Gasteiger partial charge is 0.370 e. The summed E-state index contributed by atoms with van der Waals surface area (Å²) in [5, 5.41) is 0.720. The fraction of sp³-hybridized carbons (Fsp3) is 0.588. The minimum atomic E-state index is -0.0451. The zero-order valence-corrected chi connectivity index (χ0v) is 13.6. The van der Waals surface area contributed by atoms with Crippen LogP contribution in [-0.2, 0) is 9.53 Å². The van der Waals surface area contributed by atoms with Crippen LogP contribution in [0.1, 0.15) is 30.9 Å². The number of benzene rings is 1. The molecule has 2 aliphatic heterocycles. The maximum absolute atomic E-state index is 12.5. The summed E-state index contributed by atoms with van der Waals surface area (Å²) in [4.78, 5) is 16.7. The van der Waals surface area contributed by atoms with E-state index in [9.17, 15) is 4.79 Å². The van der Waals surface area contributed by atoms with Crippen LogP contribution in [0.25, 0.3) is 0 Å². The Balaban J connectivity index is 1.57. The van der Waals surface area contributed by atoms with Crippen LogP contribution in [-0.4, -0.2) is 55.0 Å². The summed E-state index contributed by atoms with van der Waals surface area (Å²) in [5.41, 5.74) is 1.08. The van der Waals surface area contributed by atoms with Gasteiger partial charge in [0.25, 0.3) is 0 Å². The van der Waals surface area contributed by atoms with Gasteiger partial charge in [-0.15, -0.1) is 0 Å². The third-order valence-corrected chi connectivity index (χ3v) is 4.72. The molecule has 1 amide bonds. The quantitative estimate of drug-likeness (QED) is 0.858. The summed E-state index contributed by atoms with van der Waals surface area (Å²) in [5.74, 6) is 0.226. The van der Waals surface area contributed by atoms with E-state index < -0.39 is 0 Å². The lowest BCUT2D eigenvalue weighted by molar-refractivity contribution is -0.140. The van der Waals surface area contributed by atoms with E-state index in [1.807, 2.05) is 29.2 Å². The van der Waals surface area contributed by atoms with Crippen LogP contribution in [0.3, 0.4) is 0 Å². The molecule has 0 bridgehead atoms. The van der Waals surface area contributed by atoms with Gasteiger partial charge in [-0.25, -0.2) is 0 Å². The molecule has 1 aromatic carbocycles. The monoisotopic (exact) mass is 322 g/mol. The number of nitrogens with zero attached hydrogens (tertiary/aromatic N) is 2. The molecule has 4 nitrogen and oxygen atoms in total. The Labute approximate surface area is 137 Å². The van der Waals surface area contributed by atoms with E-state index in [-0.39, 0.29) is 12.0 Å². The number of ether oxygens (including phenoxy) is 1. The zero-order valence-electron chi connectivity index (χ0n) is 12.8. The lowest BCUT2D eigenvalue weighted by Gasteiger charge is -2.35. The summed E-state index contributed by atoms with van der Waals surface area (Å²) >= 11 is 5.93. The van der Waals surface area contributed by atoms with Gasteiger partial charge in [0, 0.05) is 11.6 Å². The first-order chi connectivity index (χ1) is 10.7. The first-order valence-corrected chi connectivity index (χ1v) is 8.47. The van der Waals surface area contributed by atoms with Gasteiger partial charge in [-0.3, -0.25) is 9.69 Å². The van der Waals surface area contributed by atoms with Gasteiger partial charge in [-0.05, 0) is 43.6 Å². The normalized spacial score (nSPS) is 23.5. The predicted molar refractivity (Wildman–Crippen MR) is 87.0 cm³/mol. The fourth-order valence-corrected chi connectivity index (χ4v) is 3.29. The third-order valence-electron chi connectivity index (χ3n) is 4.47. The molecule has 0 radical (unpaired) electrons. The van der Waals surface area contributed by atoms with Crippen molar-refractivity contribution in [2.24, 2.45) is 0 Å². The van der Waals surface area contributed by atoms with Gasteiger partial charge < -0.3 is 9.64 Å². The van der Waals surface area contributed by atoms with E-state index in [2.05, 4.69) is 4.90 Å². The number of hydrogen-bond acceptors (Lipinski definition) is 3. The van der Waals surface area contributed by atoms with Gasteiger partial charge >= 0.3 is 0 Å². The molecule has 1 aromatic rings. The van der Waals surface area contributed by atoms with Crippen molar-refractivity contribution in [2.45, 2.75) is 25.4 Å². The molecule has 22 heavy (non-hydrogen) atoms. The Morgan fingerprint density at radius 3 is 2.59 bits per heavy atom. The van der Waals surface area contributed by atoms with Crippen LogP contribution < -0.4 is 0 Å². The van der Waals surface area contributed by atoms with Gasteiger partial charge in [-0.1, -0.05) is 30.2 Å². The van der Waals surface area contributed by atoms with Crippen molar-refractivity contribution in [1.29, 1.82) is 0 Å². The summed E-state index contributed by atoms with van der Waals surface area (Å²) < 4.78 is 5.82. The van der Waals surface area contributed by atoms with Gasteiger partial charge in [0.1, 0.15) is 6.10 Å². The maximum atomic E-state index is 12.5. The van der Waals surface area contributed by atoms with Crippen LogP contribution in [0.4, 0.5) is 0 Å². The van der Waals surface area contributed by atoms with Crippen molar-refractivity contribution in [1.82, 2.24) is 9.80 Å². The molecular weight excluding hydrogens is 300 g/mol. The number of likely N-dealkylation sites (tertiary alicyclic amines) is 1. The Kier molecular flexibility index (Phi) is 5.34. The molecule has 0 aliphatic carbocycles. The molecule has 0 unspecified atom stereocenters. The van der Waals surface area contributed by atoms with E-state index >= 15 is 0 Å². The lowest BCUT2D eigenvalue weighted by Crippen LogP contribution is -2.47. The maximum Gasteiger partial charge on any atom is 0.236 e. The SMILES string of the molecule is O=C(CN1CCCCC1)N1CCO[C@@H](c2ccc(Cl)cc2)C1. The smallest absolute Gasteiger partial charge is 0.236 e. The molecule has 0 N–H and O–H groups in total. The number of carbonyl (C=O) groups excluding carboxylic acids is 1. The molecule has 2 aliphatic rings. The highest BCUT2D eigenvalue weighted by molar-refractivity contribution is 6.30. The number of hydrogen-bond donors (Lipinski definition) is 0. The van der Waals surface area contributed by atoms with E-state index in [0.717, 1.165) is 23.7 Å². The standard InChI is InChI=1S/C17H23ClN2O2/c18-15-6-4-14(5-7-15)16-12-20(10-11-22-16)17(21)13-19-8-2-1-3-9-19/h4-7,16H,1-3,8-13H2/t16-/m1/s1. The molecule has 0 saturated carbocycles. The highest BCUT2D eigenvalue weighted by atomic mass is 35.5. The van der Waals surface area contributed by atoms with Crippen molar-refractivity contribution in [3.05, 3.63) is 34.9 Å². The van der Waals surface area contributed by atoms with E-state index in [4.69, 9.17) is 16.3 Å². The highest BCUT2D eigenvalue weighted by Gasteiger charge is 2.26. The van der Waals surface area contributed by atoms with Gasteiger partial charge in [-0.2, -0.15) is 0 Å². The second-order valence-electron chi connectivity index (χ2n) is 6.09. The minimum Gasteiger partial charge on any atom is -0.370 e. The number of morpholine rings is 1. The Bertz CT molecular complexity index is 500. The first kappa shape index (κ1) is 15.8. The highest BCUT2D eigenvalue weighted by Crippen LogP contribution is 2.24. The predicted octanol–water partition coefficient (Wildman–Crippen LogP) is 2.73. The molecule has 120 valence electrons. The second-order valence-corrected chi connectivity index (χ2v) is 6.52. The first-order valence-electron chi connectivity index (χ1n) is 8.09. The Hall–Kier alpha value is -1.10. The average molecular weight is 323 g/mol. The van der Waals surface area contributed by atoms with Crippen molar-refractivity contribution in [3.63, 3.8) is 0 Å². The van der Waals surface area contributed by atoms with Crippen LogP contribution in [0.5, 0.6) is 0 Å². The van der Waals surface area contributed by atoms with Crippen LogP contribution >= 0.6 is 11.6 Å². The number of halogens is 1. The lowest BCUT2D eigenvalue weighted by atomic mass is 10.1. The topological polar surface area (TPSA) is 32.8 Å². The minimum absolute atomic E-state index is 0.0451. The average Bonchev–Trinajstić information content (AvgIpc) is 2.56. The van der Waals surface area contributed by atoms with Crippen molar-refractivity contribution >= 4 is 17.5 Å². The van der Waals surface area contributed by atoms with Gasteiger partial charge in [0.05, 0.1) is 19.7 Å². The molecule has 2 heterocycles. The van der Waals surface area contributed by atoms with Crippen molar-refractivity contribution < 1.29 is 9.53 Å². The number of piperidine rings is 1. The third kappa shape index (κ3) is 4.00. The molecule has 0 aromatic heterocycles. The van der Waals surface area contributed by atoms with E-state index in [1.54, 1.807) is 0 Å².